The van der Waals surface area contributed by atoms with Crippen LogP contribution in [0, 0.1) is 51.0 Å². The second-order valence-corrected chi connectivity index (χ2v) is 3.32. The van der Waals surface area contributed by atoms with E-state index in [0.717, 1.165) is 29.4 Å². The van der Waals surface area contributed by atoms with Gasteiger partial charge in [0.15, 0.2) is 0 Å². The van der Waals surface area contributed by atoms with Crippen molar-refractivity contribution >= 4 is 7.02 Å². The van der Waals surface area contributed by atoms with Crippen molar-refractivity contribution in [2.75, 3.05) is 0 Å². The molecule has 12 heavy (non-hydrogen) atoms. The molecule has 1 aromatic carbocycles. The Labute approximate surface area is 103 Å². The Morgan fingerprint density at radius 2 is 2.25 bits per heavy atom. The van der Waals surface area contributed by atoms with Gasteiger partial charge in [-0.15, -0.1) is 0 Å². The Hall–Kier alpha value is 0.279. The van der Waals surface area contributed by atoms with Crippen LogP contribution in [0.3, 0.4) is 0 Å². The molecule has 1 nitrogen and oxygen atoms in total. The molecule has 1 aromatic rings. The van der Waals surface area contributed by atoms with Crippen molar-refractivity contribution in [3.8, 4) is 0 Å². The van der Waals surface area contributed by atoms with E-state index in [1.54, 1.807) is 0 Å². The molecule has 70 valence electrons. The Bertz CT molecular complexity index is 305. The van der Waals surface area contributed by atoms with Gasteiger partial charge < -0.3 is 0 Å². The third-order valence-corrected chi connectivity index (χ3v) is 2.11. The summed E-state index contributed by atoms with van der Waals surface area (Å²) in [6.07, 6.45) is 1.77. The van der Waals surface area contributed by atoms with E-state index < -0.39 is 0 Å². The Kier molecular flexibility index (Phi) is 4.41. The first-order chi connectivity index (χ1) is 5.77. The van der Waals surface area contributed by atoms with Gasteiger partial charge in [0, 0.05) is 0 Å². The third-order valence-electron chi connectivity index (χ3n) is 1.76. The average molecular weight is 319 g/mol. The van der Waals surface area contributed by atoms with Gasteiger partial charge in [0.2, 0.25) is 0 Å². The summed E-state index contributed by atoms with van der Waals surface area (Å²) in [4.78, 5) is 10.6. The summed E-state index contributed by atoms with van der Waals surface area (Å²) in [7, 11) is 0. The molecule has 0 N–H and O–H groups in total. The van der Waals surface area contributed by atoms with E-state index in [0.29, 0.717) is 0 Å². The van der Waals surface area contributed by atoms with Crippen molar-refractivity contribution in [2.24, 2.45) is 0 Å². The van der Waals surface area contributed by atoms with Crippen LogP contribution >= 0.6 is 0 Å². The van der Waals surface area contributed by atoms with Crippen molar-refractivity contribution in [2.45, 2.75) is 13.3 Å². The number of hydrogen-bond donors (Lipinski definition) is 0. The normalized spacial score (nSPS) is 9.58. The van der Waals surface area contributed by atoms with Crippen LogP contribution in [0.4, 0.5) is 0 Å². The minimum absolute atomic E-state index is 0.785. The number of carbonyl (C=O) groups excluding carboxylic acids is 1. The molecule has 1 rings (SSSR count). The van der Waals surface area contributed by atoms with Crippen molar-refractivity contribution in [1.82, 2.24) is 0 Å². The molecule has 2 heteroatoms. The van der Waals surface area contributed by atoms with Crippen molar-refractivity contribution < 1.29 is 48.9 Å². The summed E-state index contributed by atoms with van der Waals surface area (Å²) in [5.41, 5.74) is 2.98. The fourth-order valence-corrected chi connectivity index (χ4v) is 1.41. The van der Waals surface area contributed by atoms with Crippen molar-refractivity contribution in [1.29, 1.82) is 0 Å². The van der Waals surface area contributed by atoms with E-state index in [9.17, 15) is 4.79 Å². The summed E-state index contributed by atoms with van der Waals surface area (Å²) in [6.45, 7) is 1.94. The predicted octanol–water partition coefficient (Wildman–Crippen LogP) is 1.70. The summed E-state index contributed by atoms with van der Waals surface area (Å²) >= 11 is 2.92. The van der Waals surface area contributed by atoms with Crippen LogP contribution < -0.4 is 0 Å². The van der Waals surface area contributed by atoms with E-state index >= 15 is 0 Å². The standard InChI is InChI=1S/C10H10O.Yb/c1-3-9-5-4-8(2)10(6-9)7-11;/h1,4-7H,3H2,2H3;. The zero-order valence-corrected chi connectivity index (χ0v) is 8.48. The Morgan fingerprint density at radius 3 is 2.83 bits per heavy atom. The van der Waals surface area contributed by atoms with Crippen LogP contribution in [-0.4, -0.2) is 7.02 Å². The third kappa shape index (κ3) is 2.65. The van der Waals surface area contributed by atoms with Crippen LogP contribution in [0.1, 0.15) is 21.5 Å². The molecule has 0 aliphatic rings. The van der Waals surface area contributed by atoms with Gasteiger partial charge in [0.05, 0.1) is 0 Å². The molecule has 0 heterocycles. The van der Waals surface area contributed by atoms with E-state index in [2.05, 4.69) is 44.1 Å². The van der Waals surface area contributed by atoms with Crippen LogP contribution in [0.25, 0.3) is 0 Å². The second kappa shape index (κ2) is 5.11. The van der Waals surface area contributed by atoms with Gasteiger partial charge in [-0.3, -0.25) is 0 Å². The molecule has 0 unspecified atom stereocenters. The minimum atomic E-state index is 0.785. The first-order valence-corrected chi connectivity index (χ1v) is 4.67. The Morgan fingerprint density at radius 1 is 1.50 bits per heavy atom. The summed E-state index contributed by atoms with van der Waals surface area (Å²) in [6, 6.07) is 5.93. The molecule has 0 spiro atoms. The van der Waals surface area contributed by atoms with Gasteiger partial charge in [-0.25, -0.2) is 0 Å². The monoisotopic (exact) mass is 320 g/mol. The molecule has 0 aliphatic heterocycles. The number of aryl methyl sites for hydroxylation is 1. The van der Waals surface area contributed by atoms with Crippen LogP contribution in [0.5, 0.6) is 0 Å². The van der Waals surface area contributed by atoms with Crippen molar-refractivity contribution in [3.05, 3.63) is 34.9 Å². The molecule has 0 aromatic heterocycles. The zero-order chi connectivity index (χ0) is 8.97. The summed E-state index contributed by atoms with van der Waals surface area (Å²) < 4.78 is 1.94. The summed E-state index contributed by atoms with van der Waals surface area (Å²) in [5, 5.41) is 0. The number of benzene rings is 1. The molecule has 0 amide bonds. The van der Waals surface area contributed by atoms with Crippen LogP contribution in [-0.2, 0) is 6.42 Å². The number of rotatable bonds is 3. The van der Waals surface area contributed by atoms with Gasteiger partial charge in [0.1, 0.15) is 0 Å². The first kappa shape index (κ1) is 10.4. The second-order valence-electron chi connectivity index (χ2n) is 2.62. The molecule has 0 aliphatic carbocycles. The van der Waals surface area contributed by atoms with Crippen LogP contribution in [0.2, 0.25) is 0 Å². The predicted molar refractivity (Wildman–Crippen MR) is 46.3 cm³/mol. The molecular formula is C10H10OYb. The zero-order valence-electron chi connectivity index (χ0n) is 6.77. The number of aldehydes is 1. The first-order valence-electron chi connectivity index (χ1n) is 3.68. The summed E-state index contributed by atoms with van der Waals surface area (Å²) in [5.74, 6) is 0. The van der Waals surface area contributed by atoms with Gasteiger partial charge in [-0.2, -0.15) is 0 Å². The number of hydrogen-bond acceptors (Lipinski definition) is 1. The fourth-order valence-electron chi connectivity index (χ4n) is 1.01. The quantitative estimate of drug-likeness (QED) is 0.775. The van der Waals surface area contributed by atoms with E-state index in [-0.39, 0.29) is 0 Å². The maximum absolute atomic E-state index is 10.6. The molecule has 0 bridgehead atoms. The van der Waals surface area contributed by atoms with Gasteiger partial charge in [0.25, 0.3) is 0 Å². The van der Waals surface area contributed by atoms with E-state index in [1.165, 1.54) is 0 Å². The molecule has 0 saturated carbocycles. The average Bonchev–Trinajstić information content (AvgIpc) is 2.09. The topological polar surface area (TPSA) is 17.1 Å². The van der Waals surface area contributed by atoms with Crippen molar-refractivity contribution in [3.63, 3.8) is 0 Å². The van der Waals surface area contributed by atoms with E-state index in [4.69, 9.17) is 0 Å². The van der Waals surface area contributed by atoms with Gasteiger partial charge in [-0.05, 0) is 0 Å². The van der Waals surface area contributed by atoms with Gasteiger partial charge in [-0.1, -0.05) is 0 Å². The molecule has 0 radical (unpaired) electrons. The van der Waals surface area contributed by atoms with Crippen LogP contribution in [0.15, 0.2) is 18.2 Å². The Balaban J connectivity index is 3.04. The molecule has 0 saturated heterocycles. The molecule has 0 fully saturated rings. The molecule has 0 atom stereocenters. The molecular weight excluding hydrogens is 309 g/mol. The fraction of sp³-hybridized carbons (Fsp3) is 0.200. The maximum atomic E-state index is 10.6. The van der Waals surface area contributed by atoms with Gasteiger partial charge >= 0.3 is 104 Å². The SMILES string of the molecule is Cc1ccc(C[CH]=[Yb])cc1C=O. The van der Waals surface area contributed by atoms with E-state index in [1.807, 2.05) is 25.9 Å². The number of carbonyl (C=O) groups is 1.